The highest BCUT2D eigenvalue weighted by Gasteiger charge is 2.18. The normalized spacial score (nSPS) is 10.8. The summed E-state index contributed by atoms with van der Waals surface area (Å²) in [6, 6.07) is 9.12. The third kappa shape index (κ3) is 3.69. The van der Waals surface area contributed by atoms with Crippen LogP contribution in [-0.4, -0.2) is 52.3 Å². The number of fused-ring (bicyclic) bond motifs is 1. The van der Waals surface area contributed by atoms with Crippen LogP contribution in [0.1, 0.15) is 16.9 Å². The van der Waals surface area contributed by atoms with Crippen LogP contribution < -0.4 is 0 Å². The molecule has 2 N–H and O–H groups in total. The molecule has 0 unspecified atom stereocenters. The number of hydrogen-bond acceptors (Lipinski definition) is 4. The van der Waals surface area contributed by atoms with Gasteiger partial charge in [-0.2, -0.15) is 0 Å². The van der Waals surface area contributed by atoms with Crippen molar-refractivity contribution in [3.05, 3.63) is 41.2 Å². The maximum atomic E-state index is 12.4. The molecule has 0 aliphatic heterocycles. The van der Waals surface area contributed by atoms with Crippen molar-refractivity contribution in [1.29, 1.82) is 0 Å². The molecule has 6 heteroatoms. The van der Waals surface area contributed by atoms with Gasteiger partial charge in [-0.15, -0.1) is 0 Å². The molecule has 1 amide bonds. The van der Waals surface area contributed by atoms with Crippen LogP contribution in [0, 0.1) is 0 Å². The molecule has 5 nitrogen and oxygen atoms in total. The zero-order chi connectivity index (χ0) is 15.2. The van der Waals surface area contributed by atoms with Crippen molar-refractivity contribution < 1.29 is 15.0 Å². The number of halogens is 1. The zero-order valence-corrected chi connectivity index (χ0v) is 12.3. The van der Waals surface area contributed by atoms with Gasteiger partial charge in [0.2, 0.25) is 0 Å². The average Bonchev–Trinajstić information content (AvgIpc) is 2.50. The number of nitrogens with zero attached hydrogens (tertiary/aromatic N) is 2. The van der Waals surface area contributed by atoms with Crippen molar-refractivity contribution in [3.8, 4) is 0 Å². The van der Waals surface area contributed by atoms with Crippen LogP contribution in [0.4, 0.5) is 0 Å². The number of rotatable bonds is 6. The molecule has 2 aromatic rings. The molecule has 0 saturated carbocycles. The van der Waals surface area contributed by atoms with Crippen molar-refractivity contribution in [2.24, 2.45) is 0 Å². The minimum atomic E-state index is -0.301. The summed E-state index contributed by atoms with van der Waals surface area (Å²) < 4.78 is 0. The van der Waals surface area contributed by atoms with Crippen LogP contribution >= 0.6 is 11.6 Å². The number of pyridine rings is 1. The van der Waals surface area contributed by atoms with Gasteiger partial charge in [-0.05, 0) is 17.9 Å². The van der Waals surface area contributed by atoms with E-state index in [4.69, 9.17) is 21.8 Å². The fraction of sp³-hybridized carbons (Fsp3) is 0.333. The lowest BCUT2D eigenvalue weighted by molar-refractivity contribution is 0.0704. The highest BCUT2D eigenvalue weighted by molar-refractivity contribution is 6.34. The maximum Gasteiger partial charge on any atom is 0.272 e. The van der Waals surface area contributed by atoms with Crippen molar-refractivity contribution in [3.63, 3.8) is 0 Å². The lowest BCUT2D eigenvalue weighted by Crippen LogP contribution is -2.35. The smallest absolute Gasteiger partial charge is 0.272 e. The molecule has 0 aliphatic carbocycles. The SMILES string of the molecule is O=C(c1cc2ccccc2c(Cl)n1)N(CCO)CCCO. The Morgan fingerprint density at radius 2 is 1.95 bits per heavy atom. The second kappa shape index (κ2) is 7.36. The Balaban J connectivity index is 2.32. The highest BCUT2D eigenvalue weighted by atomic mass is 35.5. The topological polar surface area (TPSA) is 73.7 Å². The van der Waals surface area contributed by atoms with Gasteiger partial charge in [0.05, 0.1) is 6.61 Å². The summed E-state index contributed by atoms with van der Waals surface area (Å²) in [6.45, 7) is 0.409. The Morgan fingerprint density at radius 1 is 1.19 bits per heavy atom. The maximum absolute atomic E-state index is 12.4. The van der Waals surface area contributed by atoms with Crippen molar-refractivity contribution in [2.45, 2.75) is 6.42 Å². The van der Waals surface area contributed by atoms with E-state index in [0.29, 0.717) is 13.0 Å². The fourth-order valence-electron chi connectivity index (χ4n) is 2.13. The van der Waals surface area contributed by atoms with Gasteiger partial charge in [0.15, 0.2) is 0 Å². The van der Waals surface area contributed by atoms with E-state index in [-0.39, 0.29) is 36.5 Å². The fourth-order valence-corrected chi connectivity index (χ4v) is 2.39. The van der Waals surface area contributed by atoms with E-state index >= 15 is 0 Å². The first-order chi connectivity index (χ1) is 10.2. The number of hydrogen-bond donors (Lipinski definition) is 2. The van der Waals surface area contributed by atoms with Crippen LogP contribution in [0.25, 0.3) is 10.8 Å². The predicted octanol–water partition coefficient (Wildman–Crippen LogP) is 1.71. The minimum Gasteiger partial charge on any atom is -0.396 e. The van der Waals surface area contributed by atoms with Crippen molar-refractivity contribution in [2.75, 3.05) is 26.3 Å². The Bertz CT molecular complexity index is 633. The third-order valence-electron chi connectivity index (χ3n) is 3.16. The molecule has 0 radical (unpaired) electrons. The Morgan fingerprint density at radius 3 is 2.67 bits per heavy atom. The van der Waals surface area contributed by atoms with Gasteiger partial charge in [0.25, 0.3) is 5.91 Å². The first-order valence-corrected chi connectivity index (χ1v) is 7.11. The van der Waals surface area contributed by atoms with Crippen LogP contribution in [0.15, 0.2) is 30.3 Å². The van der Waals surface area contributed by atoms with E-state index in [0.717, 1.165) is 10.8 Å². The number of carbonyl (C=O) groups excluding carboxylic acids is 1. The van der Waals surface area contributed by atoms with Crippen LogP contribution in [0.5, 0.6) is 0 Å². The summed E-state index contributed by atoms with van der Waals surface area (Å²) in [5.41, 5.74) is 0.241. The predicted molar refractivity (Wildman–Crippen MR) is 81.4 cm³/mol. The van der Waals surface area contributed by atoms with Gasteiger partial charge in [0, 0.05) is 25.1 Å². The number of aliphatic hydroxyl groups excluding tert-OH is 2. The molecule has 0 fully saturated rings. The first-order valence-electron chi connectivity index (χ1n) is 6.73. The second-order valence-electron chi connectivity index (χ2n) is 4.61. The van der Waals surface area contributed by atoms with E-state index in [1.807, 2.05) is 24.3 Å². The molecule has 1 aromatic carbocycles. The molecule has 0 bridgehead atoms. The van der Waals surface area contributed by atoms with Crippen molar-refractivity contribution >= 4 is 28.3 Å². The molecule has 0 saturated heterocycles. The quantitative estimate of drug-likeness (QED) is 0.797. The Labute approximate surface area is 127 Å². The zero-order valence-electron chi connectivity index (χ0n) is 11.5. The molecule has 1 heterocycles. The number of aliphatic hydroxyl groups is 2. The van der Waals surface area contributed by atoms with E-state index in [9.17, 15) is 4.79 Å². The van der Waals surface area contributed by atoms with Gasteiger partial charge in [0.1, 0.15) is 10.8 Å². The van der Waals surface area contributed by atoms with Gasteiger partial charge in [-0.3, -0.25) is 4.79 Å². The molecule has 112 valence electrons. The average molecular weight is 309 g/mol. The van der Waals surface area contributed by atoms with Crippen LogP contribution in [-0.2, 0) is 0 Å². The first kappa shape index (κ1) is 15.7. The molecule has 21 heavy (non-hydrogen) atoms. The number of carbonyl (C=O) groups is 1. The van der Waals surface area contributed by atoms with E-state index in [1.165, 1.54) is 4.90 Å². The Kier molecular flexibility index (Phi) is 5.50. The second-order valence-corrected chi connectivity index (χ2v) is 4.97. The molecule has 2 rings (SSSR count). The third-order valence-corrected chi connectivity index (χ3v) is 3.44. The highest BCUT2D eigenvalue weighted by Crippen LogP contribution is 2.22. The minimum absolute atomic E-state index is 0.0128. The van der Waals surface area contributed by atoms with E-state index in [2.05, 4.69) is 4.98 Å². The Hall–Kier alpha value is -1.69. The summed E-state index contributed by atoms with van der Waals surface area (Å²) in [7, 11) is 0. The molecule has 0 atom stereocenters. The van der Waals surface area contributed by atoms with E-state index in [1.54, 1.807) is 6.07 Å². The molecular weight excluding hydrogens is 292 g/mol. The number of amides is 1. The summed E-state index contributed by atoms with van der Waals surface area (Å²) in [5, 5.41) is 19.9. The van der Waals surface area contributed by atoms with Gasteiger partial charge in [-0.25, -0.2) is 4.98 Å². The monoisotopic (exact) mass is 308 g/mol. The van der Waals surface area contributed by atoms with Gasteiger partial charge < -0.3 is 15.1 Å². The summed E-state index contributed by atoms with van der Waals surface area (Å²) in [5.74, 6) is -0.301. The molecular formula is C15H17ClN2O3. The van der Waals surface area contributed by atoms with Crippen LogP contribution in [0.2, 0.25) is 5.15 Å². The van der Waals surface area contributed by atoms with Crippen molar-refractivity contribution in [1.82, 2.24) is 9.88 Å². The number of aromatic nitrogens is 1. The largest absolute Gasteiger partial charge is 0.396 e. The van der Waals surface area contributed by atoms with E-state index < -0.39 is 0 Å². The number of benzene rings is 1. The summed E-state index contributed by atoms with van der Waals surface area (Å²) in [6.07, 6.45) is 0.451. The lowest BCUT2D eigenvalue weighted by atomic mass is 10.1. The summed E-state index contributed by atoms with van der Waals surface area (Å²) >= 11 is 6.12. The molecule has 1 aromatic heterocycles. The van der Waals surface area contributed by atoms with Gasteiger partial charge in [-0.1, -0.05) is 35.9 Å². The lowest BCUT2D eigenvalue weighted by Gasteiger charge is -2.21. The van der Waals surface area contributed by atoms with Crippen LogP contribution in [0.3, 0.4) is 0 Å². The summed E-state index contributed by atoms with van der Waals surface area (Å²) in [4.78, 5) is 18.1. The standard InChI is InChI=1S/C15H17ClN2O3/c16-14-12-5-2-1-4-11(12)10-13(17-14)15(21)18(7-9-20)6-3-8-19/h1-2,4-5,10,19-20H,3,6-9H2. The van der Waals surface area contributed by atoms with Gasteiger partial charge >= 0.3 is 0 Å². The molecule has 0 spiro atoms. The molecule has 0 aliphatic rings.